The molecule has 0 radical (unpaired) electrons. The quantitative estimate of drug-likeness (QED) is 0.737. The molecule has 1 saturated heterocycles. The summed E-state index contributed by atoms with van der Waals surface area (Å²) in [6.07, 6.45) is 1.70. The van der Waals surface area contributed by atoms with Crippen molar-refractivity contribution in [1.82, 2.24) is 20.6 Å². The van der Waals surface area contributed by atoms with Gasteiger partial charge in [-0.25, -0.2) is 9.97 Å². The minimum absolute atomic E-state index is 0.0160. The van der Waals surface area contributed by atoms with E-state index in [2.05, 4.69) is 20.6 Å². The lowest BCUT2D eigenvalue weighted by Crippen LogP contribution is -2.37. The highest BCUT2D eigenvalue weighted by Gasteiger charge is 2.15. The molecule has 17 heavy (non-hydrogen) atoms. The maximum atomic E-state index is 11.8. The van der Waals surface area contributed by atoms with Crippen LogP contribution in [0.25, 0.3) is 0 Å². The summed E-state index contributed by atoms with van der Waals surface area (Å²) in [6, 6.07) is 1.81. The lowest BCUT2D eigenvalue weighted by Gasteiger charge is -2.21. The van der Waals surface area contributed by atoms with Crippen LogP contribution in [0.5, 0.6) is 0 Å². The van der Waals surface area contributed by atoms with E-state index in [-0.39, 0.29) is 5.91 Å². The minimum atomic E-state index is -0.0160. The van der Waals surface area contributed by atoms with E-state index < -0.39 is 0 Å². The molecule has 5 nitrogen and oxygen atoms in total. The highest BCUT2D eigenvalue weighted by atomic mass is 16.1. The zero-order valence-corrected chi connectivity index (χ0v) is 10.1. The number of carbonyl (C=O) groups is 1. The van der Waals surface area contributed by atoms with E-state index in [0.717, 1.165) is 30.2 Å². The molecule has 0 aliphatic carbocycles. The summed E-state index contributed by atoms with van der Waals surface area (Å²) in [5.41, 5.74) is 2.83. The van der Waals surface area contributed by atoms with Gasteiger partial charge < -0.3 is 10.6 Å². The van der Waals surface area contributed by atoms with Gasteiger partial charge in [-0.1, -0.05) is 0 Å². The van der Waals surface area contributed by atoms with Crippen LogP contribution in [0.2, 0.25) is 0 Å². The third kappa shape index (κ3) is 2.88. The van der Waals surface area contributed by atoms with E-state index in [1.165, 1.54) is 5.57 Å². The van der Waals surface area contributed by atoms with Crippen LogP contribution >= 0.6 is 0 Å². The Balaban J connectivity index is 1.92. The van der Waals surface area contributed by atoms with Crippen LogP contribution < -0.4 is 10.6 Å². The molecule has 0 unspecified atom stereocenters. The first-order valence-corrected chi connectivity index (χ1v) is 5.63. The third-order valence-electron chi connectivity index (χ3n) is 2.81. The Hall–Kier alpha value is -1.75. The van der Waals surface area contributed by atoms with Gasteiger partial charge in [0.05, 0.1) is 12.2 Å². The number of rotatable bonds is 3. The number of nitrogens with zero attached hydrogens (tertiary/aromatic N) is 2. The normalized spacial score (nSPS) is 14.1. The van der Waals surface area contributed by atoms with Gasteiger partial charge in [0.15, 0.2) is 0 Å². The van der Waals surface area contributed by atoms with Gasteiger partial charge in [0, 0.05) is 24.9 Å². The van der Waals surface area contributed by atoms with Crippen molar-refractivity contribution in [3.05, 3.63) is 34.9 Å². The van der Waals surface area contributed by atoms with E-state index in [0.29, 0.717) is 6.54 Å². The lowest BCUT2D eigenvalue weighted by molar-refractivity contribution is -0.117. The standard InChI is InChI=1S/C12H16N4O/c1-8(10-5-13-6-10)12(17)15-7-11-3-4-14-9(2)16-11/h3-4,13H,5-7H2,1-2H3,(H,15,17). The van der Waals surface area contributed by atoms with E-state index in [4.69, 9.17) is 0 Å². The third-order valence-corrected chi connectivity index (χ3v) is 2.81. The van der Waals surface area contributed by atoms with E-state index in [1.54, 1.807) is 12.3 Å². The minimum Gasteiger partial charge on any atom is -0.347 e. The van der Waals surface area contributed by atoms with Gasteiger partial charge >= 0.3 is 0 Å². The van der Waals surface area contributed by atoms with Crippen molar-refractivity contribution in [3.8, 4) is 0 Å². The predicted octanol–water partition coefficient (Wildman–Crippen LogP) is 0.321. The van der Waals surface area contributed by atoms with Crippen molar-refractivity contribution < 1.29 is 4.79 Å². The van der Waals surface area contributed by atoms with Crippen molar-refractivity contribution >= 4 is 5.91 Å². The summed E-state index contributed by atoms with van der Waals surface area (Å²) in [5, 5.41) is 5.98. The van der Waals surface area contributed by atoms with E-state index >= 15 is 0 Å². The van der Waals surface area contributed by atoms with Gasteiger partial charge in [0.2, 0.25) is 5.91 Å². The molecule has 2 heterocycles. The molecule has 1 aliphatic heterocycles. The number of carbonyl (C=O) groups excluding carboxylic acids is 1. The molecule has 1 aromatic rings. The maximum Gasteiger partial charge on any atom is 0.247 e. The van der Waals surface area contributed by atoms with Crippen LogP contribution in [-0.4, -0.2) is 29.0 Å². The molecule has 2 rings (SSSR count). The zero-order valence-electron chi connectivity index (χ0n) is 10.1. The molecule has 2 N–H and O–H groups in total. The summed E-state index contributed by atoms with van der Waals surface area (Å²) >= 11 is 0. The molecule has 0 aromatic carbocycles. The molecule has 0 saturated carbocycles. The lowest BCUT2D eigenvalue weighted by atomic mass is 10.0. The van der Waals surface area contributed by atoms with Crippen LogP contribution in [0, 0.1) is 6.92 Å². The first-order valence-electron chi connectivity index (χ1n) is 5.63. The van der Waals surface area contributed by atoms with Crippen molar-refractivity contribution in [1.29, 1.82) is 0 Å². The van der Waals surface area contributed by atoms with Crippen LogP contribution in [0.4, 0.5) is 0 Å². The Bertz CT molecular complexity index is 461. The number of nitrogens with one attached hydrogen (secondary N) is 2. The molecule has 1 aliphatic rings. The first kappa shape index (κ1) is 11.7. The fourth-order valence-corrected chi connectivity index (χ4v) is 1.58. The van der Waals surface area contributed by atoms with Gasteiger partial charge in [0.25, 0.3) is 0 Å². The fourth-order valence-electron chi connectivity index (χ4n) is 1.58. The second kappa shape index (κ2) is 5.05. The van der Waals surface area contributed by atoms with Crippen LogP contribution in [0.1, 0.15) is 18.4 Å². The molecule has 5 heteroatoms. The number of hydrogen-bond donors (Lipinski definition) is 2. The smallest absolute Gasteiger partial charge is 0.247 e. The average molecular weight is 232 g/mol. The second-order valence-corrected chi connectivity index (χ2v) is 4.11. The summed E-state index contributed by atoms with van der Waals surface area (Å²) in [6.45, 7) is 5.79. The maximum absolute atomic E-state index is 11.8. The second-order valence-electron chi connectivity index (χ2n) is 4.11. The summed E-state index contributed by atoms with van der Waals surface area (Å²) in [7, 11) is 0. The Morgan fingerprint density at radius 3 is 2.88 bits per heavy atom. The Morgan fingerprint density at radius 1 is 1.53 bits per heavy atom. The highest BCUT2D eigenvalue weighted by Crippen LogP contribution is 2.08. The highest BCUT2D eigenvalue weighted by molar-refractivity contribution is 5.93. The van der Waals surface area contributed by atoms with Crippen LogP contribution in [-0.2, 0) is 11.3 Å². The summed E-state index contributed by atoms with van der Waals surface area (Å²) in [4.78, 5) is 20.0. The van der Waals surface area contributed by atoms with Crippen molar-refractivity contribution in [2.45, 2.75) is 20.4 Å². The topological polar surface area (TPSA) is 66.9 Å². The van der Waals surface area contributed by atoms with Crippen LogP contribution in [0.15, 0.2) is 23.4 Å². The molecule has 0 spiro atoms. The molecule has 0 atom stereocenters. The number of aryl methyl sites for hydroxylation is 1. The van der Waals surface area contributed by atoms with Gasteiger partial charge in [-0.3, -0.25) is 4.79 Å². The van der Waals surface area contributed by atoms with Crippen molar-refractivity contribution in [2.24, 2.45) is 0 Å². The Kier molecular flexibility index (Phi) is 3.49. The summed E-state index contributed by atoms with van der Waals surface area (Å²) < 4.78 is 0. The molecule has 0 bridgehead atoms. The van der Waals surface area contributed by atoms with Crippen molar-refractivity contribution in [3.63, 3.8) is 0 Å². The van der Waals surface area contributed by atoms with E-state index in [9.17, 15) is 4.79 Å². The van der Waals surface area contributed by atoms with Crippen molar-refractivity contribution in [2.75, 3.05) is 13.1 Å². The zero-order chi connectivity index (χ0) is 12.3. The molecular weight excluding hydrogens is 216 g/mol. The number of hydrogen-bond acceptors (Lipinski definition) is 4. The molecule has 1 amide bonds. The molecule has 90 valence electrons. The monoisotopic (exact) mass is 232 g/mol. The Labute approximate surface area is 100 Å². The fraction of sp³-hybridized carbons (Fsp3) is 0.417. The predicted molar refractivity (Wildman–Crippen MR) is 64.2 cm³/mol. The van der Waals surface area contributed by atoms with Crippen LogP contribution in [0.3, 0.4) is 0 Å². The number of aromatic nitrogens is 2. The van der Waals surface area contributed by atoms with E-state index in [1.807, 2.05) is 13.8 Å². The molecular formula is C12H16N4O. The van der Waals surface area contributed by atoms with Gasteiger partial charge in [-0.05, 0) is 25.5 Å². The Morgan fingerprint density at radius 2 is 2.29 bits per heavy atom. The largest absolute Gasteiger partial charge is 0.347 e. The van der Waals surface area contributed by atoms with Gasteiger partial charge in [-0.15, -0.1) is 0 Å². The SMILES string of the molecule is CC(C(=O)NCc1ccnc(C)n1)=C1CNC1. The summed E-state index contributed by atoms with van der Waals surface area (Å²) in [5.74, 6) is 0.702. The first-order chi connectivity index (χ1) is 8.16. The average Bonchev–Trinajstić information content (AvgIpc) is 2.23. The molecule has 1 fully saturated rings. The van der Waals surface area contributed by atoms with Gasteiger partial charge in [-0.2, -0.15) is 0 Å². The number of amides is 1. The van der Waals surface area contributed by atoms with Gasteiger partial charge in [0.1, 0.15) is 5.82 Å². The molecule has 1 aromatic heterocycles.